The Labute approximate surface area is 162 Å². The van der Waals surface area contributed by atoms with E-state index in [0.29, 0.717) is 36.7 Å². The van der Waals surface area contributed by atoms with Crippen molar-refractivity contribution in [2.45, 2.75) is 25.9 Å². The molecular weight excluding hydrogens is 360 g/mol. The quantitative estimate of drug-likeness (QED) is 0.835. The SMILES string of the molecule is CC(=O)Nc1ccc(C(C)c2c3n(ccc2=O)NC2COCCN2C3=O)cc1. The molecule has 0 saturated carbocycles. The van der Waals surface area contributed by atoms with E-state index in [1.165, 1.54) is 13.0 Å². The van der Waals surface area contributed by atoms with Crippen LogP contribution in [0.15, 0.2) is 41.3 Å². The topological polar surface area (TPSA) is 92.7 Å². The van der Waals surface area contributed by atoms with Gasteiger partial charge in [0.1, 0.15) is 11.9 Å². The Morgan fingerprint density at radius 3 is 2.71 bits per heavy atom. The number of rotatable bonds is 3. The van der Waals surface area contributed by atoms with Gasteiger partial charge in [-0.05, 0) is 17.7 Å². The van der Waals surface area contributed by atoms with Crippen molar-refractivity contribution in [3.05, 3.63) is 63.6 Å². The van der Waals surface area contributed by atoms with Crippen LogP contribution in [0.1, 0.15) is 41.4 Å². The van der Waals surface area contributed by atoms with Crippen LogP contribution >= 0.6 is 0 Å². The molecule has 0 radical (unpaired) electrons. The third-order valence-corrected chi connectivity index (χ3v) is 5.18. The summed E-state index contributed by atoms with van der Waals surface area (Å²) in [5.74, 6) is -0.598. The standard InChI is InChI=1S/C20H22N4O4/c1-12(14-3-5-15(6-4-14)21-13(2)25)18-16(26)7-8-24-19(18)20(27)23-9-10-28-11-17(23)22-24/h3-8,12,17,22H,9-11H2,1-2H3,(H,21,25). The van der Waals surface area contributed by atoms with Crippen molar-refractivity contribution in [2.24, 2.45) is 0 Å². The van der Waals surface area contributed by atoms with Gasteiger partial charge in [0.2, 0.25) is 5.91 Å². The number of carbonyl (C=O) groups is 2. The molecule has 0 aliphatic carbocycles. The lowest BCUT2D eigenvalue weighted by molar-refractivity contribution is -0.114. The molecule has 2 unspecified atom stereocenters. The number of carbonyl (C=O) groups excluding carboxylic acids is 2. The summed E-state index contributed by atoms with van der Waals surface area (Å²) in [4.78, 5) is 38.8. The van der Waals surface area contributed by atoms with Crippen LogP contribution in [-0.2, 0) is 9.53 Å². The van der Waals surface area contributed by atoms with E-state index in [-0.39, 0.29) is 29.3 Å². The Kier molecular flexibility index (Phi) is 4.64. The first kappa shape index (κ1) is 18.2. The zero-order chi connectivity index (χ0) is 19.8. The summed E-state index contributed by atoms with van der Waals surface area (Å²) < 4.78 is 7.09. The number of anilines is 1. The molecule has 1 aromatic carbocycles. The van der Waals surface area contributed by atoms with Gasteiger partial charge in [0.25, 0.3) is 5.91 Å². The Morgan fingerprint density at radius 1 is 1.25 bits per heavy atom. The van der Waals surface area contributed by atoms with E-state index in [9.17, 15) is 14.4 Å². The molecule has 2 amide bonds. The van der Waals surface area contributed by atoms with E-state index < -0.39 is 0 Å². The predicted molar refractivity (Wildman–Crippen MR) is 104 cm³/mol. The van der Waals surface area contributed by atoms with Crippen molar-refractivity contribution in [3.63, 3.8) is 0 Å². The Bertz CT molecular complexity index is 983. The fourth-order valence-corrected chi connectivity index (χ4v) is 3.77. The minimum atomic E-state index is -0.287. The van der Waals surface area contributed by atoms with Gasteiger partial charge < -0.3 is 20.4 Å². The van der Waals surface area contributed by atoms with Gasteiger partial charge in [-0.3, -0.25) is 19.1 Å². The second kappa shape index (κ2) is 7.12. The minimum absolute atomic E-state index is 0.145. The number of ether oxygens (including phenoxy) is 1. The van der Waals surface area contributed by atoms with Gasteiger partial charge in [0, 0.05) is 42.9 Å². The summed E-state index contributed by atoms with van der Waals surface area (Å²) in [6.07, 6.45) is 1.36. The zero-order valence-electron chi connectivity index (χ0n) is 15.8. The molecule has 1 fully saturated rings. The summed E-state index contributed by atoms with van der Waals surface area (Å²) in [6, 6.07) is 8.77. The lowest BCUT2D eigenvalue weighted by atomic mass is 9.90. The summed E-state index contributed by atoms with van der Waals surface area (Å²) in [7, 11) is 0. The van der Waals surface area contributed by atoms with Crippen molar-refractivity contribution in [3.8, 4) is 0 Å². The first-order valence-corrected chi connectivity index (χ1v) is 9.24. The second-order valence-corrected chi connectivity index (χ2v) is 7.06. The second-order valence-electron chi connectivity index (χ2n) is 7.06. The normalized spacial score (nSPS) is 19.3. The molecule has 2 atom stereocenters. The van der Waals surface area contributed by atoms with Crippen LogP contribution in [0.3, 0.4) is 0 Å². The minimum Gasteiger partial charge on any atom is -0.375 e. The molecule has 3 heterocycles. The van der Waals surface area contributed by atoms with E-state index in [1.807, 2.05) is 19.1 Å². The highest BCUT2D eigenvalue weighted by Crippen LogP contribution is 2.28. The zero-order valence-corrected chi connectivity index (χ0v) is 15.8. The molecule has 8 nitrogen and oxygen atoms in total. The Hall–Kier alpha value is -3.13. The number of pyridine rings is 1. The maximum atomic E-state index is 13.2. The highest BCUT2D eigenvalue weighted by molar-refractivity contribution is 5.95. The van der Waals surface area contributed by atoms with Gasteiger partial charge in [-0.1, -0.05) is 19.1 Å². The Morgan fingerprint density at radius 2 is 2.00 bits per heavy atom. The lowest BCUT2D eigenvalue weighted by Gasteiger charge is -2.42. The summed E-state index contributed by atoms with van der Waals surface area (Å²) in [6.45, 7) is 4.73. The number of benzene rings is 1. The molecule has 2 aromatic rings. The van der Waals surface area contributed by atoms with Gasteiger partial charge >= 0.3 is 0 Å². The number of hydrogen-bond acceptors (Lipinski definition) is 5. The molecule has 146 valence electrons. The summed E-state index contributed by atoms with van der Waals surface area (Å²) in [5.41, 5.74) is 5.46. The maximum Gasteiger partial charge on any atom is 0.274 e. The molecule has 1 aromatic heterocycles. The number of fused-ring (bicyclic) bond motifs is 2. The lowest BCUT2D eigenvalue weighted by Crippen LogP contribution is -2.59. The van der Waals surface area contributed by atoms with Gasteiger partial charge in [-0.25, -0.2) is 0 Å². The van der Waals surface area contributed by atoms with Crippen molar-refractivity contribution >= 4 is 17.5 Å². The molecule has 8 heteroatoms. The van der Waals surface area contributed by atoms with Gasteiger partial charge in [-0.2, -0.15) is 0 Å². The first-order valence-electron chi connectivity index (χ1n) is 9.24. The molecule has 1 saturated heterocycles. The average Bonchev–Trinajstić information content (AvgIpc) is 2.68. The number of hydrogen-bond donors (Lipinski definition) is 2. The van der Waals surface area contributed by atoms with Crippen LogP contribution < -0.4 is 16.2 Å². The fraction of sp³-hybridized carbons (Fsp3) is 0.350. The monoisotopic (exact) mass is 382 g/mol. The van der Waals surface area contributed by atoms with E-state index in [0.717, 1.165) is 5.56 Å². The van der Waals surface area contributed by atoms with Crippen LogP contribution in [0.5, 0.6) is 0 Å². The van der Waals surface area contributed by atoms with Crippen LogP contribution in [0.2, 0.25) is 0 Å². The molecule has 0 spiro atoms. The first-order chi connectivity index (χ1) is 13.5. The molecule has 28 heavy (non-hydrogen) atoms. The van der Waals surface area contributed by atoms with E-state index in [4.69, 9.17) is 4.74 Å². The smallest absolute Gasteiger partial charge is 0.274 e. The van der Waals surface area contributed by atoms with Gasteiger partial charge in [0.15, 0.2) is 5.43 Å². The third kappa shape index (κ3) is 3.16. The van der Waals surface area contributed by atoms with Crippen molar-refractivity contribution in [1.82, 2.24) is 9.58 Å². The summed E-state index contributed by atoms with van der Waals surface area (Å²) >= 11 is 0. The van der Waals surface area contributed by atoms with E-state index >= 15 is 0 Å². The average molecular weight is 382 g/mol. The number of morpholine rings is 1. The predicted octanol–water partition coefficient (Wildman–Crippen LogP) is 1.31. The molecule has 2 aliphatic heterocycles. The largest absolute Gasteiger partial charge is 0.375 e. The van der Waals surface area contributed by atoms with Crippen LogP contribution in [-0.4, -0.2) is 47.3 Å². The number of nitrogens with zero attached hydrogens (tertiary/aromatic N) is 2. The van der Waals surface area contributed by atoms with Crippen molar-refractivity contribution < 1.29 is 14.3 Å². The molecule has 0 bridgehead atoms. The van der Waals surface area contributed by atoms with E-state index in [1.54, 1.807) is 27.9 Å². The highest BCUT2D eigenvalue weighted by atomic mass is 16.5. The number of nitrogens with one attached hydrogen (secondary N) is 2. The van der Waals surface area contributed by atoms with Gasteiger partial charge in [-0.15, -0.1) is 0 Å². The number of aromatic nitrogens is 1. The van der Waals surface area contributed by atoms with Crippen molar-refractivity contribution in [1.29, 1.82) is 0 Å². The Balaban J connectivity index is 1.73. The molecule has 2 N–H and O–H groups in total. The summed E-state index contributed by atoms with van der Waals surface area (Å²) in [5, 5.41) is 2.72. The van der Waals surface area contributed by atoms with E-state index in [2.05, 4.69) is 10.7 Å². The van der Waals surface area contributed by atoms with Crippen molar-refractivity contribution in [2.75, 3.05) is 30.5 Å². The van der Waals surface area contributed by atoms with Gasteiger partial charge in [0.05, 0.1) is 13.2 Å². The molecular formula is C20H22N4O4. The van der Waals surface area contributed by atoms with Crippen LogP contribution in [0, 0.1) is 0 Å². The van der Waals surface area contributed by atoms with Crippen LogP contribution in [0.4, 0.5) is 5.69 Å². The fourth-order valence-electron chi connectivity index (χ4n) is 3.77. The number of amides is 2. The van der Waals surface area contributed by atoms with Crippen LogP contribution in [0.25, 0.3) is 0 Å². The highest BCUT2D eigenvalue weighted by Gasteiger charge is 2.37. The molecule has 4 rings (SSSR count). The maximum absolute atomic E-state index is 13.2. The third-order valence-electron chi connectivity index (χ3n) is 5.18. The molecule has 2 aliphatic rings.